The Kier molecular flexibility index (Phi) is 4.20. The number of nitro benzene ring substituents is 1. The van der Waals surface area contributed by atoms with Crippen LogP contribution in [0.3, 0.4) is 0 Å². The Balaban J connectivity index is 1.66. The first-order chi connectivity index (χ1) is 10.6. The van der Waals surface area contributed by atoms with E-state index in [1.54, 1.807) is 12.1 Å². The molecule has 2 aromatic rings. The van der Waals surface area contributed by atoms with Gasteiger partial charge in [0.1, 0.15) is 11.9 Å². The van der Waals surface area contributed by atoms with Crippen LogP contribution in [0.2, 0.25) is 0 Å². The van der Waals surface area contributed by atoms with Gasteiger partial charge in [-0.05, 0) is 36.6 Å². The molecule has 0 fully saturated rings. The fraction of sp³-hybridized carbons (Fsp3) is 0.250. The van der Waals surface area contributed by atoms with Crippen LogP contribution in [0.4, 0.5) is 5.69 Å². The number of benzene rings is 2. The van der Waals surface area contributed by atoms with Crippen LogP contribution >= 0.6 is 0 Å². The SMILES string of the molecule is O=[N+]([O-])c1ccc([S@](=O)C[C@@H]2CCc3ccccc3O2)cc1. The Morgan fingerprint density at radius 3 is 2.64 bits per heavy atom. The Morgan fingerprint density at radius 1 is 1.18 bits per heavy atom. The molecule has 1 aliphatic rings. The van der Waals surface area contributed by atoms with E-state index in [0.717, 1.165) is 18.6 Å². The lowest BCUT2D eigenvalue weighted by atomic mass is 10.0. The van der Waals surface area contributed by atoms with E-state index in [1.165, 1.54) is 17.7 Å². The zero-order chi connectivity index (χ0) is 15.5. The lowest BCUT2D eigenvalue weighted by Crippen LogP contribution is -2.28. The highest BCUT2D eigenvalue weighted by atomic mass is 32.2. The summed E-state index contributed by atoms with van der Waals surface area (Å²) in [5.74, 6) is 1.26. The van der Waals surface area contributed by atoms with Crippen LogP contribution in [-0.2, 0) is 17.2 Å². The largest absolute Gasteiger partial charge is 0.489 e. The van der Waals surface area contributed by atoms with Gasteiger partial charge in [-0.15, -0.1) is 0 Å². The molecule has 0 N–H and O–H groups in total. The normalized spacial score (nSPS) is 18.1. The van der Waals surface area contributed by atoms with Crippen molar-refractivity contribution in [3.8, 4) is 5.75 Å². The number of aryl methyl sites for hydroxylation is 1. The summed E-state index contributed by atoms with van der Waals surface area (Å²) in [7, 11) is -1.23. The van der Waals surface area contributed by atoms with E-state index >= 15 is 0 Å². The van der Waals surface area contributed by atoms with Crippen LogP contribution in [0.5, 0.6) is 5.75 Å². The van der Waals surface area contributed by atoms with Crippen molar-refractivity contribution in [1.29, 1.82) is 0 Å². The molecule has 0 saturated heterocycles. The van der Waals surface area contributed by atoms with E-state index in [1.807, 2.05) is 24.3 Å². The van der Waals surface area contributed by atoms with Crippen molar-refractivity contribution in [1.82, 2.24) is 0 Å². The summed E-state index contributed by atoms with van der Waals surface area (Å²) < 4.78 is 18.3. The van der Waals surface area contributed by atoms with E-state index < -0.39 is 15.7 Å². The topological polar surface area (TPSA) is 69.4 Å². The summed E-state index contributed by atoms with van der Waals surface area (Å²) in [5, 5.41) is 10.6. The quantitative estimate of drug-likeness (QED) is 0.642. The number of fused-ring (bicyclic) bond motifs is 1. The van der Waals surface area contributed by atoms with E-state index in [4.69, 9.17) is 4.74 Å². The van der Waals surface area contributed by atoms with Crippen LogP contribution in [0.1, 0.15) is 12.0 Å². The van der Waals surface area contributed by atoms with Crippen LogP contribution < -0.4 is 4.74 Å². The van der Waals surface area contributed by atoms with Crippen molar-refractivity contribution >= 4 is 16.5 Å². The number of nitro groups is 1. The molecule has 0 unspecified atom stereocenters. The summed E-state index contributed by atoms with van der Waals surface area (Å²) in [6, 6.07) is 13.7. The van der Waals surface area contributed by atoms with Crippen LogP contribution in [0.15, 0.2) is 53.4 Å². The molecule has 5 nitrogen and oxygen atoms in total. The van der Waals surface area contributed by atoms with E-state index in [2.05, 4.69) is 0 Å². The molecule has 0 radical (unpaired) electrons. The first-order valence-electron chi connectivity index (χ1n) is 7.01. The highest BCUT2D eigenvalue weighted by Gasteiger charge is 2.22. The predicted octanol–water partition coefficient (Wildman–Crippen LogP) is 3.10. The standard InChI is InChI=1S/C16H15NO4S/c18-17(19)13-6-9-15(10-7-13)22(20)11-14-8-5-12-3-1-2-4-16(12)21-14/h1-4,6-7,9-10,14H,5,8,11H2/t14-,22+/m0/s1. The maximum atomic E-state index is 12.4. The zero-order valence-electron chi connectivity index (χ0n) is 11.8. The number of nitrogens with zero attached hydrogens (tertiary/aromatic N) is 1. The van der Waals surface area contributed by atoms with Gasteiger partial charge in [0, 0.05) is 17.0 Å². The number of ether oxygens (including phenoxy) is 1. The van der Waals surface area contributed by atoms with Crippen molar-refractivity contribution in [2.45, 2.75) is 23.8 Å². The molecule has 2 atom stereocenters. The maximum Gasteiger partial charge on any atom is 0.269 e. The monoisotopic (exact) mass is 317 g/mol. The fourth-order valence-electron chi connectivity index (χ4n) is 2.48. The van der Waals surface area contributed by atoms with Crippen LogP contribution in [0.25, 0.3) is 0 Å². The van der Waals surface area contributed by atoms with E-state index in [-0.39, 0.29) is 11.8 Å². The second-order valence-corrected chi connectivity index (χ2v) is 6.65. The molecule has 1 heterocycles. The van der Waals surface area contributed by atoms with E-state index in [9.17, 15) is 14.3 Å². The number of hydrogen-bond donors (Lipinski definition) is 0. The molecular weight excluding hydrogens is 302 g/mol. The third-order valence-corrected chi connectivity index (χ3v) is 5.12. The molecule has 0 aliphatic carbocycles. The van der Waals surface area contributed by atoms with Crippen molar-refractivity contribution in [3.05, 3.63) is 64.2 Å². The lowest BCUT2D eigenvalue weighted by molar-refractivity contribution is -0.384. The Hall–Kier alpha value is -2.21. The molecular formula is C16H15NO4S. The molecule has 0 aromatic heterocycles. The van der Waals surface area contributed by atoms with Crippen molar-refractivity contribution in [2.24, 2.45) is 0 Å². The molecule has 22 heavy (non-hydrogen) atoms. The second kappa shape index (κ2) is 6.27. The number of rotatable bonds is 4. The third kappa shape index (κ3) is 3.17. The smallest absolute Gasteiger partial charge is 0.269 e. The van der Waals surface area contributed by atoms with Gasteiger partial charge in [-0.2, -0.15) is 0 Å². The molecule has 1 aliphatic heterocycles. The number of non-ortho nitro benzene ring substituents is 1. The highest BCUT2D eigenvalue weighted by Crippen LogP contribution is 2.28. The lowest BCUT2D eigenvalue weighted by Gasteiger charge is -2.25. The summed E-state index contributed by atoms with van der Waals surface area (Å²) in [6.45, 7) is 0. The van der Waals surface area contributed by atoms with Crippen molar-refractivity contribution in [3.63, 3.8) is 0 Å². The first-order valence-corrected chi connectivity index (χ1v) is 8.33. The molecule has 0 amide bonds. The van der Waals surface area contributed by atoms with Gasteiger partial charge >= 0.3 is 0 Å². The minimum absolute atomic E-state index is 0.00333. The Bertz CT molecular complexity index is 714. The molecule has 6 heteroatoms. The number of para-hydroxylation sites is 1. The highest BCUT2D eigenvalue weighted by molar-refractivity contribution is 7.85. The summed E-state index contributed by atoms with van der Waals surface area (Å²) in [5.41, 5.74) is 1.18. The molecule has 0 spiro atoms. The average Bonchev–Trinajstić information content (AvgIpc) is 2.55. The molecule has 3 rings (SSSR count). The van der Waals surface area contributed by atoms with Gasteiger partial charge < -0.3 is 4.74 Å². The van der Waals surface area contributed by atoms with Gasteiger partial charge in [-0.25, -0.2) is 0 Å². The van der Waals surface area contributed by atoms with Gasteiger partial charge in [0.25, 0.3) is 5.69 Å². The molecule has 0 bridgehead atoms. The summed E-state index contributed by atoms with van der Waals surface area (Å²) >= 11 is 0. The minimum atomic E-state index is -1.23. The predicted molar refractivity (Wildman–Crippen MR) is 83.6 cm³/mol. The average molecular weight is 317 g/mol. The molecule has 0 saturated carbocycles. The number of hydrogen-bond acceptors (Lipinski definition) is 4. The van der Waals surface area contributed by atoms with Gasteiger partial charge in [0.15, 0.2) is 0 Å². The van der Waals surface area contributed by atoms with E-state index in [0.29, 0.717) is 10.6 Å². The summed E-state index contributed by atoms with van der Waals surface area (Å²) in [6.07, 6.45) is 1.65. The Morgan fingerprint density at radius 2 is 1.91 bits per heavy atom. The second-order valence-electron chi connectivity index (χ2n) is 5.15. The van der Waals surface area contributed by atoms with Crippen LogP contribution in [-0.4, -0.2) is 21.0 Å². The van der Waals surface area contributed by atoms with Gasteiger partial charge in [0.05, 0.1) is 21.5 Å². The van der Waals surface area contributed by atoms with Crippen molar-refractivity contribution in [2.75, 3.05) is 5.75 Å². The fourth-order valence-corrected chi connectivity index (χ4v) is 3.69. The van der Waals surface area contributed by atoms with Crippen molar-refractivity contribution < 1.29 is 13.9 Å². The third-order valence-electron chi connectivity index (χ3n) is 3.65. The zero-order valence-corrected chi connectivity index (χ0v) is 12.6. The van der Waals surface area contributed by atoms with Crippen LogP contribution in [0, 0.1) is 10.1 Å². The van der Waals surface area contributed by atoms with Gasteiger partial charge in [-0.3, -0.25) is 14.3 Å². The first kappa shape index (κ1) is 14.7. The molecule has 114 valence electrons. The Labute approximate surface area is 130 Å². The molecule has 2 aromatic carbocycles. The maximum absolute atomic E-state index is 12.4. The van der Waals surface area contributed by atoms with Gasteiger partial charge in [0.2, 0.25) is 0 Å². The minimum Gasteiger partial charge on any atom is -0.489 e. The van der Waals surface area contributed by atoms with Gasteiger partial charge in [-0.1, -0.05) is 18.2 Å². The summed E-state index contributed by atoms with van der Waals surface area (Å²) in [4.78, 5) is 10.8.